The minimum absolute atomic E-state index is 0.169. The Labute approximate surface area is 88.7 Å². The topological polar surface area (TPSA) is 42.4 Å². The maximum Gasteiger partial charge on any atom is 0.232 e. The molecule has 0 saturated heterocycles. The molecule has 1 aromatic heterocycles. The van der Waals surface area contributed by atoms with Gasteiger partial charge in [0, 0.05) is 6.20 Å². The fourth-order valence-corrected chi connectivity index (χ4v) is 1.15. The molecule has 0 saturated carbocycles. The van der Waals surface area contributed by atoms with Crippen LogP contribution in [0.25, 0.3) is 0 Å². The highest BCUT2D eigenvalue weighted by Crippen LogP contribution is 2.22. The van der Waals surface area contributed by atoms with Crippen molar-refractivity contribution in [2.45, 2.75) is 26.4 Å². The highest BCUT2D eigenvalue weighted by Gasteiger charge is 2.14. The summed E-state index contributed by atoms with van der Waals surface area (Å²) in [6.45, 7) is 5.39. The standard InChI is InChI=1S/C10H14ClNO2/c1-7-4-8(11)9(12-5-7)14-6-10(2,3)13/h4-5,13H,6H2,1-3H3. The van der Waals surface area contributed by atoms with E-state index in [4.69, 9.17) is 16.3 Å². The molecule has 0 aliphatic rings. The van der Waals surface area contributed by atoms with E-state index < -0.39 is 5.60 Å². The average Bonchev–Trinajstić information content (AvgIpc) is 2.00. The van der Waals surface area contributed by atoms with Gasteiger partial charge >= 0.3 is 0 Å². The molecule has 0 spiro atoms. The molecule has 0 unspecified atom stereocenters. The van der Waals surface area contributed by atoms with E-state index in [1.165, 1.54) is 0 Å². The molecule has 0 bridgehead atoms. The third-order valence-electron chi connectivity index (χ3n) is 1.51. The summed E-state index contributed by atoms with van der Waals surface area (Å²) in [5.74, 6) is 0.361. The van der Waals surface area contributed by atoms with Gasteiger partial charge < -0.3 is 9.84 Å². The van der Waals surface area contributed by atoms with Gasteiger partial charge in [-0.25, -0.2) is 4.98 Å². The Bertz CT molecular complexity index is 320. The van der Waals surface area contributed by atoms with Gasteiger partial charge in [0.05, 0.1) is 5.60 Å². The fourth-order valence-electron chi connectivity index (χ4n) is 0.872. The number of pyridine rings is 1. The molecule has 14 heavy (non-hydrogen) atoms. The predicted octanol–water partition coefficient (Wildman–Crippen LogP) is 2.19. The number of aromatic nitrogens is 1. The zero-order chi connectivity index (χ0) is 10.8. The first-order chi connectivity index (χ1) is 6.38. The summed E-state index contributed by atoms with van der Waals surface area (Å²) in [5, 5.41) is 9.90. The van der Waals surface area contributed by atoms with E-state index in [0.29, 0.717) is 10.9 Å². The van der Waals surface area contributed by atoms with Gasteiger partial charge in [0.1, 0.15) is 11.6 Å². The molecule has 1 aromatic rings. The molecule has 0 aliphatic carbocycles. The van der Waals surface area contributed by atoms with Crippen molar-refractivity contribution in [1.29, 1.82) is 0 Å². The Morgan fingerprint density at radius 2 is 2.21 bits per heavy atom. The van der Waals surface area contributed by atoms with Crippen LogP contribution in [0.4, 0.5) is 0 Å². The second-order valence-corrected chi connectivity index (χ2v) is 4.31. The molecule has 0 aliphatic heterocycles. The van der Waals surface area contributed by atoms with Crippen LogP contribution in [0.2, 0.25) is 5.02 Å². The summed E-state index contributed by atoms with van der Waals surface area (Å²) < 4.78 is 5.26. The number of aryl methyl sites for hydroxylation is 1. The lowest BCUT2D eigenvalue weighted by atomic mass is 10.2. The Balaban J connectivity index is 2.68. The number of ether oxygens (including phenoxy) is 1. The van der Waals surface area contributed by atoms with E-state index in [2.05, 4.69) is 4.98 Å². The van der Waals surface area contributed by atoms with Crippen molar-refractivity contribution in [2.24, 2.45) is 0 Å². The molecule has 78 valence electrons. The van der Waals surface area contributed by atoms with Gasteiger partial charge in [0.25, 0.3) is 0 Å². The number of hydrogen-bond acceptors (Lipinski definition) is 3. The van der Waals surface area contributed by atoms with Gasteiger partial charge in [-0.15, -0.1) is 0 Å². The van der Waals surface area contributed by atoms with Crippen molar-refractivity contribution in [1.82, 2.24) is 4.98 Å². The lowest BCUT2D eigenvalue weighted by Gasteiger charge is -2.17. The van der Waals surface area contributed by atoms with Crippen molar-refractivity contribution in [3.63, 3.8) is 0 Å². The Hall–Kier alpha value is -0.800. The summed E-state index contributed by atoms with van der Waals surface area (Å²) in [6, 6.07) is 1.77. The Kier molecular flexibility index (Phi) is 3.34. The first-order valence-corrected chi connectivity index (χ1v) is 4.73. The van der Waals surface area contributed by atoms with E-state index in [1.54, 1.807) is 26.1 Å². The molecular formula is C10H14ClNO2. The van der Waals surface area contributed by atoms with Gasteiger partial charge in [-0.05, 0) is 32.4 Å². The van der Waals surface area contributed by atoms with E-state index >= 15 is 0 Å². The van der Waals surface area contributed by atoms with E-state index in [1.807, 2.05) is 6.92 Å². The summed E-state index contributed by atoms with van der Waals surface area (Å²) >= 11 is 5.89. The van der Waals surface area contributed by atoms with Crippen molar-refractivity contribution >= 4 is 11.6 Å². The largest absolute Gasteiger partial charge is 0.474 e. The van der Waals surface area contributed by atoms with Crippen LogP contribution in [0.3, 0.4) is 0 Å². The molecule has 1 N–H and O–H groups in total. The fraction of sp³-hybridized carbons (Fsp3) is 0.500. The van der Waals surface area contributed by atoms with E-state index in [0.717, 1.165) is 5.56 Å². The monoisotopic (exact) mass is 215 g/mol. The molecule has 0 aromatic carbocycles. The maximum absolute atomic E-state index is 9.43. The number of hydrogen-bond donors (Lipinski definition) is 1. The lowest BCUT2D eigenvalue weighted by Crippen LogP contribution is -2.28. The van der Waals surface area contributed by atoms with Crippen LogP contribution in [0.5, 0.6) is 5.88 Å². The minimum atomic E-state index is -0.879. The number of halogens is 1. The number of nitrogens with zero attached hydrogens (tertiary/aromatic N) is 1. The van der Waals surface area contributed by atoms with Gasteiger partial charge in [-0.3, -0.25) is 0 Å². The van der Waals surface area contributed by atoms with Crippen LogP contribution in [-0.2, 0) is 0 Å². The van der Waals surface area contributed by atoms with Gasteiger partial charge in [0.2, 0.25) is 5.88 Å². The summed E-state index contributed by atoms with van der Waals surface area (Å²) in [7, 11) is 0. The molecule has 4 heteroatoms. The normalized spacial score (nSPS) is 11.5. The second kappa shape index (κ2) is 4.15. The molecule has 3 nitrogen and oxygen atoms in total. The predicted molar refractivity (Wildman–Crippen MR) is 55.8 cm³/mol. The van der Waals surface area contributed by atoms with Crippen LogP contribution in [0, 0.1) is 6.92 Å². The third-order valence-corrected chi connectivity index (χ3v) is 1.78. The zero-order valence-electron chi connectivity index (χ0n) is 8.54. The van der Waals surface area contributed by atoms with Crippen LogP contribution >= 0.6 is 11.6 Å². The first kappa shape index (κ1) is 11.3. The molecule has 1 heterocycles. The van der Waals surface area contributed by atoms with Crippen LogP contribution in [0.15, 0.2) is 12.3 Å². The Morgan fingerprint density at radius 1 is 1.57 bits per heavy atom. The molecule has 0 radical (unpaired) electrons. The summed E-state index contributed by atoms with van der Waals surface area (Å²) in [5.41, 5.74) is 0.0983. The van der Waals surface area contributed by atoms with Gasteiger partial charge in [-0.1, -0.05) is 11.6 Å². The number of rotatable bonds is 3. The molecule has 0 amide bonds. The average molecular weight is 216 g/mol. The molecule has 1 rings (SSSR count). The maximum atomic E-state index is 9.43. The zero-order valence-corrected chi connectivity index (χ0v) is 9.30. The minimum Gasteiger partial charge on any atom is -0.474 e. The van der Waals surface area contributed by atoms with E-state index in [9.17, 15) is 5.11 Å². The highest BCUT2D eigenvalue weighted by atomic mass is 35.5. The van der Waals surface area contributed by atoms with Gasteiger partial charge in [-0.2, -0.15) is 0 Å². The van der Waals surface area contributed by atoms with E-state index in [-0.39, 0.29) is 6.61 Å². The molecule has 0 fully saturated rings. The number of aliphatic hydroxyl groups is 1. The van der Waals surface area contributed by atoms with Crippen molar-refractivity contribution < 1.29 is 9.84 Å². The second-order valence-electron chi connectivity index (χ2n) is 3.90. The van der Waals surface area contributed by atoms with Crippen LogP contribution in [-0.4, -0.2) is 22.3 Å². The SMILES string of the molecule is Cc1cnc(OCC(C)(C)O)c(Cl)c1. The van der Waals surface area contributed by atoms with Crippen molar-refractivity contribution in [3.8, 4) is 5.88 Å². The highest BCUT2D eigenvalue weighted by molar-refractivity contribution is 6.31. The first-order valence-electron chi connectivity index (χ1n) is 4.36. The van der Waals surface area contributed by atoms with Gasteiger partial charge in [0.15, 0.2) is 0 Å². The van der Waals surface area contributed by atoms with Crippen molar-refractivity contribution in [2.75, 3.05) is 6.61 Å². The lowest BCUT2D eigenvalue weighted by molar-refractivity contribution is 0.0269. The van der Waals surface area contributed by atoms with Crippen LogP contribution in [0.1, 0.15) is 19.4 Å². The molecule has 0 atom stereocenters. The summed E-state index contributed by atoms with van der Waals surface area (Å²) in [4.78, 5) is 4.02. The Morgan fingerprint density at radius 3 is 2.71 bits per heavy atom. The van der Waals surface area contributed by atoms with Crippen LogP contribution < -0.4 is 4.74 Å². The molecular weight excluding hydrogens is 202 g/mol. The quantitative estimate of drug-likeness (QED) is 0.841. The summed E-state index contributed by atoms with van der Waals surface area (Å²) in [6.07, 6.45) is 1.67. The third kappa shape index (κ3) is 3.52. The smallest absolute Gasteiger partial charge is 0.232 e. The van der Waals surface area contributed by atoms with Crippen molar-refractivity contribution in [3.05, 3.63) is 22.8 Å².